The number of aryl methyl sites for hydroxylation is 1. The number of benzene rings is 1. The molecule has 2 rings (SSSR count). The summed E-state index contributed by atoms with van der Waals surface area (Å²) < 4.78 is 23.2. The summed E-state index contributed by atoms with van der Waals surface area (Å²) in [5, 5.41) is 8.73. The number of anilines is 1. The van der Waals surface area contributed by atoms with Gasteiger partial charge in [0.2, 0.25) is 0 Å². The molecule has 0 unspecified atom stereocenters. The van der Waals surface area contributed by atoms with Crippen molar-refractivity contribution in [3.8, 4) is 6.07 Å². The van der Waals surface area contributed by atoms with E-state index in [1.54, 1.807) is 19.1 Å². The molecule has 1 aromatic carbocycles. The van der Waals surface area contributed by atoms with Crippen LogP contribution >= 0.6 is 0 Å². The third-order valence-electron chi connectivity index (χ3n) is 3.37. The Kier molecular flexibility index (Phi) is 6.68. The molecule has 0 fully saturated rings. The molecule has 1 aromatic heterocycles. The standard InChI is InChI=1S/C19H17FN2O4/c1-14-3-8-17(26-14)9-10-19(24)25-13-18(23)22(12-2-11-21)16-6-4-15(20)5-7-16/h3-10H,2,12-13H2,1H3/b10-9+. The molecule has 134 valence electrons. The topological polar surface area (TPSA) is 83.5 Å². The summed E-state index contributed by atoms with van der Waals surface area (Å²) in [5.74, 6) is -0.450. The zero-order chi connectivity index (χ0) is 18.9. The third-order valence-corrected chi connectivity index (χ3v) is 3.37. The Morgan fingerprint density at radius 2 is 2.00 bits per heavy atom. The molecule has 0 aliphatic carbocycles. The van der Waals surface area contributed by atoms with Crippen LogP contribution in [-0.4, -0.2) is 25.0 Å². The van der Waals surface area contributed by atoms with Gasteiger partial charge in [-0.25, -0.2) is 9.18 Å². The van der Waals surface area contributed by atoms with Gasteiger partial charge in [-0.15, -0.1) is 0 Å². The smallest absolute Gasteiger partial charge is 0.331 e. The highest BCUT2D eigenvalue weighted by molar-refractivity contribution is 5.96. The predicted octanol–water partition coefficient (Wildman–Crippen LogP) is 3.23. The first-order valence-corrected chi connectivity index (χ1v) is 7.84. The monoisotopic (exact) mass is 356 g/mol. The first kappa shape index (κ1) is 18.9. The number of halogens is 1. The van der Waals surface area contributed by atoms with Gasteiger partial charge in [-0.3, -0.25) is 4.79 Å². The van der Waals surface area contributed by atoms with Crippen LogP contribution in [0.2, 0.25) is 0 Å². The number of esters is 1. The lowest BCUT2D eigenvalue weighted by atomic mass is 10.2. The number of rotatable bonds is 7. The minimum atomic E-state index is -0.702. The highest BCUT2D eigenvalue weighted by Gasteiger charge is 2.17. The summed E-state index contributed by atoms with van der Waals surface area (Å²) in [6.07, 6.45) is 2.69. The average molecular weight is 356 g/mol. The summed E-state index contributed by atoms with van der Waals surface area (Å²) in [4.78, 5) is 25.3. The number of furan rings is 1. The Morgan fingerprint density at radius 1 is 1.27 bits per heavy atom. The molecule has 0 radical (unpaired) electrons. The van der Waals surface area contributed by atoms with Crippen LogP contribution in [0.3, 0.4) is 0 Å². The Hall–Kier alpha value is -3.40. The van der Waals surface area contributed by atoms with Crippen LogP contribution in [0.1, 0.15) is 17.9 Å². The van der Waals surface area contributed by atoms with Crippen LogP contribution in [0, 0.1) is 24.1 Å². The molecule has 0 N–H and O–H groups in total. The van der Waals surface area contributed by atoms with Gasteiger partial charge in [-0.1, -0.05) is 0 Å². The highest BCUT2D eigenvalue weighted by atomic mass is 19.1. The van der Waals surface area contributed by atoms with E-state index in [1.165, 1.54) is 35.2 Å². The van der Waals surface area contributed by atoms with E-state index in [4.69, 9.17) is 14.4 Å². The maximum Gasteiger partial charge on any atom is 0.331 e. The molecule has 0 saturated heterocycles. The summed E-state index contributed by atoms with van der Waals surface area (Å²) in [7, 11) is 0. The van der Waals surface area contributed by atoms with E-state index in [1.807, 2.05) is 6.07 Å². The molecular weight excluding hydrogens is 339 g/mol. The first-order chi connectivity index (χ1) is 12.5. The normalized spacial score (nSPS) is 10.5. The number of hydrogen-bond acceptors (Lipinski definition) is 5. The average Bonchev–Trinajstić information content (AvgIpc) is 3.05. The molecule has 0 atom stereocenters. The van der Waals surface area contributed by atoms with Gasteiger partial charge >= 0.3 is 5.97 Å². The van der Waals surface area contributed by atoms with Crippen molar-refractivity contribution < 1.29 is 23.1 Å². The SMILES string of the molecule is Cc1ccc(/C=C/C(=O)OCC(=O)N(CCC#N)c2ccc(F)cc2)o1. The van der Waals surface area contributed by atoms with Crippen molar-refractivity contribution >= 4 is 23.6 Å². The molecule has 1 amide bonds. The summed E-state index contributed by atoms with van der Waals surface area (Å²) in [6, 6.07) is 10.7. The Morgan fingerprint density at radius 3 is 2.62 bits per heavy atom. The van der Waals surface area contributed by atoms with Crippen LogP contribution < -0.4 is 4.90 Å². The minimum Gasteiger partial charge on any atom is -0.462 e. The number of carbonyl (C=O) groups is 2. The molecule has 0 bridgehead atoms. The molecule has 2 aromatic rings. The second-order valence-corrected chi connectivity index (χ2v) is 5.32. The van der Waals surface area contributed by atoms with E-state index in [-0.39, 0.29) is 13.0 Å². The molecule has 7 heteroatoms. The van der Waals surface area contributed by atoms with E-state index < -0.39 is 24.3 Å². The van der Waals surface area contributed by atoms with Gasteiger partial charge < -0.3 is 14.1 Å². The lowest BCUT2D eigenvalue weighted by Crippen LogP contribution is -2.35. The highest BCUT2D eigenvalue weighted by Crippen LogP contribution is 2.16. The largest absolute Gasteiger partial charge is 0.462 e. The van der Waals surface area contributed by atoms with Crippen molar-refractivity contribution in [1.82, 2.24) is 0 Å². The second-order valence-electron chi connectivity index (χ2n) is 5.32. The van der Waals surface area contributed by atoms with Crippen molar-refractivity contribution in [2.45, 2.75) is 13.3 Å². The minimum absolute atomic E-state index is 0.0921. The fourth-order valence-corrected chi connectivity index (χ4v) is 2.13. The Labute approximate surface area is 150 Å². The molecule has 0 aliphatic heterocycles. The van der Waals surface area contributed by atoms with Crippen molar-refractivity contribution in [2.75, 3.05) is 18.1 Å². The lowest BCUT2D eigenvalue weighted by molar-refractivity contribution is -0.142. The van der Waals surface area contributed by atoms with Crippen LogP contribution in [-0.2, 0) is 14.3 Å². The van der Waals surface area contributed by atoms with Gasteiger partial charge in [0.1, 0.15) is 17.3 Å². The third kappa shape index (κ3) is 5.60. The van der Waals surface area contributed by atoms with Gasteiger partial charge in [-0.05, 0) is 49.4 Å². The molecule has 0 saturated carbocycles. The first-order valence-electron chi connectivity index (χ1n) is 7.84. The summed E-state index contributed by atoms with van der Waals surface area (Å²) >= 11 is 0. The molecular formula is C19H17FN2O4. The maximum absolute atomic E-state index is 13.0. The van der Waals surface area contributed by atoms with Crippen LogP contribution in [0.4, 0.5) is 10.1 Å². The van der Waals surface area contributed by atoms with E-state index in [0.717, 1.165) is 6.08 Å². The predicted molar refractivity (Wildman–Crippen MR) is 92.4 cm³/mol. The number of nitrogens with zero attached hydrogens (tertiary/aromatic N) is 2. The van der Waals surface area contributed by atoms with Crippen LogP contribution in [0.25, 0.3) is 6.08 Å². The van der Waals surface area contributed by atoms with Crippen molar-refractivity contribution in [3.63, 3.8) is 0 Å². The Balaban J connectivity index is 1.95. The van der Waals surface area contributed by atoms with Crippen molar-refractivity contribution in [2.24, 2.45) is 0 Å². The Bertz CT molecular complexity index is 834. The van der Waals surface area contributed by atoms with Gasteiger partial charge in [0.15, 0.2) is 6.61 Å². The fraction of sp³-hybridized carbons (Fsp3) is 0.211. The molecule has 1 heterocycles. The second kappa shape index (κ2) is 9.18. The van der Waals surface area contributed by atoms with Crippen molar-refractivity contribution in [1.29, 1.82) is 5.26 Å². The van der Waals surface area contributed by atoms with Crippen molar-refractivity contribution in [3.05, 3.63) is 59.8 Å². The maximum atomic E-state index is 13.0. The lowest BCUT2D eigenvalue weighted by Gasteiger charge is -2.21. The van der Waals surface area contributed by atoms with E-state index in [9.17, 15) is 14.0 Å². The summed E-state index contributed by atoms with van der Waals surface area (Å²) in [6.45, 7) is 1.39. The zero-order valence-corrected chi connectivity index (χ0v) is 14.1. The molecule has 6 nitrogen and oxygen atoms in total. The van der Waals surface area contributed by atoms with Crippen LogP contribution in [0.5, 0.6) is 0 Å². The fourth-order valence-electron chi connectivity index (χ4n) is 2.13. The van der Waals surface area contributed by atoms with Gasteiger partial charge in [0, 0.05) is 18.3 Å². The number of ether oxygens (including phenoxy) is 1. The van der Waals surface area contributed by atoms with Crippen LogP contribution in [0.15, 0.2) is 46.9 Å². The molecule has 0 aliphatic rings. The van der Waals surface area contributed by atoms with Gasteiger partial charge in [-0.2, -0.15) is 5.26 Å². The molecule has 0 spiro atoms. The van der Waals surface area contributed by atoms with Gasteiger partial charge in [0.25, 0.3) is 5.91 Å². The molecule has 26 heavy (non-hydrogen) atoms. The zero-order valence-electron chi connectivity index (χ0n) is 14.1. The number of carbonyl (C=O) groups excluding carboxylic acids is 2. The van der Waals surface area contributed by atoms with E-state index >= 15 is 0 Å². The summed E-state index contributed by atoms with van der Waals surface area (Å²) in [5.41, 5.74) is 0.421. The number of amides is 1. The van der Waals surface area contributed by atoms with E-state index in [2.05, 4.69) is 0 Å². The van der Waals surface area contributed by atoms with E-state index in [0.29, 0.717) is 17.2 Å². The number of hydrogen-bond donors (Lipinski definition) is 0. The quantitative estimate of drug-likeness (QED) is 0.562. The van der Waals surface area contributed by atoms with Gasteiger partial charge in [0.05, 0.1) is 12.5 Å². The number of nitriles is 1.